The van der Waals surface area contributed by atoms with Crippen LogP contribution in [-0.4, -0.2) is 37.8 Å². The third-order valence-electron chi connectivity index (χ3n) is 3.41. The van der Waals surface area contributed by atoms with E-state index in [1.54, 1.807) is 7.11 Å². The van der Waals surface area contributed by atoms with Crippen molar-refractivity contribution < 1.29 is 4.74 Å². The van der Waals surface area contributed by atoms with Crippen LogP contribution in [0.2, 0.25) is 0 Å². The molecule has 0 saturated heterocycles. The third-order valence-corrected chi connectivity index (χ3v) is 3.41. The fourth-order valence-corrected chi connectivity index (χ4v) is 2.19. The van der Waals surface area contributed by atoms with Crippen molar-refractivity contribution in [3.05, 3.63) is 36.0 Å². The summed E-state index contributed by atoms with van der Waals surface area (Å²) in [5.41, 5.74) is 2.35. The van der Waals surface area contributed by atoms with Crippen LogP contribution in [0.15, 0.2) is 24.8 Å². The van der Waals surface area contributed by atoms with Gasteiger partial charge in [-0.15, -0.1) is 6.58 Å². The second-order valence-electron chi connectivity index (χ2n) is 5.36. The maximum Gasteiger partial charge on any atom is 0.129 e. The molecule has 1 fully saturated rings. The molecule has 20 heavy (non-hydrogen) atoms. The molecule has 0 spiro atoms. The van der Waals surface area contributed by atoms with Gasteiger partial charge in [0.25, 0.3) is 0 Å². The van der Waals surface area contributed by atoms with Crippen LogP contribution in [0.25, 0.3) is 0 Å². The van der Waals surface area contributed by atoms with E-state index in [0.717, 1.165) is 37.2 Å². The number of aryl methyl sites for hydroxylation is 1. The molecule has 1 aliphatic carbocycles. The van der Waals surface area contributed by atoms with Gasteiger partial charge in [-0.05, 0) is 37.5 Å². The topological polar surface area (TPSA) is 37.4 Å². The number of ether oxygens (including phenoxy) is 1. The first-order valence-corrected chi connectivity index (χ1v) is 7.28. The Bertz CT molecular complexity index is 443. The van der Waals surface area contributed by atoms with Gasteiger partial charge in [-0.25, -0.2) is 4.98 Å². The monoisotopic (exact) mass is 275 g/mol. The summed E-state index contributed by atoms with van der Waals surface area (Å²) < 4.78 is 5.17. The van der Waals surface area contributed by atoms with E-state index in [1.165, 1.54) is 18.4 Å². The van der Waals surface area contributed by atoms with E-state index in [-0.39, 0.29) is 0 Å². The largest absolute Gasteiger partial charge is 0.383 e. The molecule has 1 aliphatic rings. The molecule has 0 unspecified atom stereocenters. The zero-order valence-corrected chi connectivity index (χ0v) is 12.6. The Labute approximate surface area is 121 Å². The molecule has 110 valence electrons. The second-order valence-corrected chi connectivity index (χ2v) is 5.36. The molecule has 1 aromatic rings. The van der Waals surface area contributed by atoms with Crippen molar-refractivity contribution in [3.8, 4) is 0 Å². The first-order chi connectivity index (χ1) is 9.72. The lowest BCUT2D eigenvalue weighted by molar-refractivity contribution is 0.205. The molecule has 4 nitrogen and oxygen atoms in total. The summed E-state index contributed by atoms with van der Waals surface area (Å²) in [6.45, 7) is 9.10. The Morgan fingerprint density at radius 3 is 2.95 bits per heavy atom. The zero-order chi connectivity index (χ0) is 14.4. The highest BCUT2D eigenvalue weighted by molar-refractivity contribution is 5.43. The summed E-state index contributed by atoms with van der Waals surface area (Å²) >= 11 is 0. The molecular weight excluding hydrogens is 250 g/mol. The van der Waals surface area contributed by atoms with Gasteiger partial charge >= 0.3 is 0 Å². The van der Waals surface area contributed by atoms with Crippen molar-refractivity contribution in [2.75, 3.05) is 31.7 Å². The van der Waals surface area contributed by atoms with Crippen LogP contribution in [0.4, 0.5) is 5.82 Å². The van der Waals surface area contributed by atoms with Gasteiger partial charge in [0.1, 0.15) is 5.82 Å². The van der Waals surface area contributed by atoms with E-state index >= 15 is 0 Å². The fourth-order valence-electron chi connectivity index (χ4n) is 2.19. The van der Waals surface area contributed by atoms with Crippen LogP contribution < -0.4 is 10.2 Å². The van der Waals surface area contributed by atoms with Crippen molar-refractivity contribution in [3.63, 3.8) is 0 Å². The van der Waals surface area contributed by atoms with Crippen molar-refractivity contribution in [2.45, 2.75) is 32.4 Å². The Kier molecular flexibility index (Phi) is 5.56. The van der Waals surface area contributed by atoms with E-state index in [9.17, 15) is 0 Å². The van der Waals surface area contributed by atoms with E-state index in [0.29, 0.717) is 6.61 Å². The summed E-state index contributed by atoms with van der Waals surface area (Å²) in [7, 11) is 1.72. The number of anilines is 1. The lowest BCUT2D eigenvalue weighted by atomic mass is 10.2. The normalized spacial score (nSPS) is 14.3. The van der Waals surface area contributed by atoms with Crippen molar-refractivity contribution in [2.24, 2.45) is 0 Å². The molecule has 0 amide bonds. The van der Waals surface area contributed by atoms with Gasteiger partial charge in [0.05, 0.1) is 6.61 Å². The molecule has 1 heterocycles. The molecule has 2 rings (SSSR count). The number of nitrogens with zero attached hydrogens (tertiary/aromatic N) is 2. The highest BCUT2D eigenvalue weighted by atomic mass is 16.5. The Morgan fingerprint density at radius 2 is 2.30 bits per heavy atom. The highest BCUT2D eigenvalue weighted by Gasteiger charge is 2.20. The lowest BCUT2D eigenvalue weighted by Crippen LogP contribution is -2.28. The fraction of sp³-hybridized carbons (Fsp3) is 0.562. The smallest absolute Gasteiger partial charge is 0.129 e. The van der Waals surface area contributed by atoms with Crippen LogP contribution in [0, 0.1) is 6.92 Å². The quantitative estimate of drug-likeness (QED) is 0.702. The zero-order valence-electron chi connectivity index (χ0n) is 12.6. The SMILES string of the molecule is C=CCN(CCOC)c1cc(CNC2CC2)cc(C)n1. The van der Waals surface area contributed by atoms with Crippen LogP contribution >= 0.6 is 0 Å². The molecule has 0 atom stereocenters. The van der Waals surface area contributed by atoms with E-state index in [2.05, 4.69) is 33.9 Å². The number of rotatable bonds is 9. The number of hydrogen-bond acceptors (Lipinski definition) is 4. The van der Waals surface area contributed by atoms with Crippen molar-refractivity contribution in [1.29, 1.82) is 0 Å². The van der Waals surface area contributed by atoms with Gasteiger partial charge in [0, 0.05) is 38.5 Å². The molecule has 1 N–H and O–H groups in total. The summed E-state index contributed by atoms with van der Waals surface area (Å²) in [5, 5.41) is 3.55. The first-order valence-electron chi connectivity index (χ1n) is 7.28. The minimum absolute atomic E-state index is 0.694. The number of pyridine rings is 1. The predicted molar refractivity (Wildman–Crippen MR) is 83.1 cm³/mol. The van der Waals surface area contributed by atoms with E-state index in [1.807, 2.05) is 13.0 Å². The van der Waals surface area contributed by atoms with E-state index in [4.69, 9.17) is 4.74 Å². The number of hydrogen-bond donors (Lipinski definition) is 1. The predicted octanol–water partition coefficient (Wildman–Crippen LogP) is 2.28. The number of aromatic nitrogens is 1. The average Bonchev–Trinajstić information content (AvgIpc) is 3.25. The maximum atomic E-state index is 5.17. The Morgan fingerprint density at radius 1 is 1.50 bits per heavy atom. The molecule has 1 aromatic heterocycles. The molecule has 0 aliphatic heterocycles. The summed E-state index contributed by atoms with van der Waals surface area (Å²) in [6.07, 6.45) is 4.53. The summed E-state index contributed by atoms with van der Waals surface area (Å²) in [5.74, 6) is 1.01. The minimum atomic E-state index is 0.694. The molecule has 0 radical (unpaired) electrons. The average molecular weight is 275 g/mol. The van der Waals surface area contributed by atoms with Gasteiger partial charge in [0.15, 0.2) is 0 Å². The molecule has 0 aromatic carbocycles. The molecular formula is C16H25N3O. The number of nitrogens with one attached hydrogen (secondary N) is 1. The van der Waals surface area contributed by atoms with Crippen LogP contribution in [0.1, 0.15) is 24.1 Å². The lowest BCUT2D eigenvalue weighted by Gasteiger charge is -2.23. The summed E-state index contributed by atoms with van der Waals surface area (Å²) in [6, 6.07) is 5.05. The van der Waals surface area contributed by atoms with Crippen molar-refractivity contribution >= 4 is 5.82 Å². The Hall–Kier alpha value is -1.39. The standard InChI is InChI=1S/C16H25N3O/c1-4-7-19(8-9-20-3)16-11-14(10-13(2)18-16)12-17-15-5-6-15/h4,10-11,15,17H,1,5-9,12H2,2-3H3. The summed E-state index contributed by atoms with van der Waals surface area (Å²) in [4.78, 5) is 6.84. The van der Waals surface area contributed by atoms with Crippen LogP contribution in [-0.2, 0) is 11.3 Å². The second kappa shape index (κ2) is 7.41. The van der Waals surface area contributed by atoms with Gasteiger partial charge in [-0.1, -0.05) is 6.08 Å². The third kappa shape index (κ3) is 4.62. The molecule has 4 heteroatoms. The minimum Gasteiger partial charge on any atom is -0.383 e. The van der Waals surface area contributed by atoms with Crippen LogP contribution in [0.3, 0.4) is 0 Å². The maximum absolute atomic E-state index is 5.17. The van der Waals surface area contributed by atoms with Crippen LogP contribution in [0.5, 0.6) is 0 Å². The van der Waals surface area contributed by atoms with Gasteiger partial charge in [-0.3, -0.25) is 0 Å². The van der Waals surface area contributed by atoms with E-state index < -0.39 is 0 Å². The van der Waals surface area contributed by atoms with Gasteiger partial charge in [0.2, 0.25) is 0 Å². The molecule has 0 bridgehead atoms. The molecule has 1 saturated carbocycles. The van der Waals surface area contributed by atoms with Gasteiger partial charge in [-0.2, -0.15) is 0 Å². The van der Waals surface area contributed by atoms with Gasteiger partial charge < -0.3 is 15.0 Å². The number of methoxy groups -OCH3 is 1. The first kappa shape index (κ1) is 15.0. The highest BCUT2D eigenvalue weighted by Crippen LogP contribution is 2.20. The van der Waals surface area contributed by atoms with Crippen molar-refractivity contribution in [1.82, 2.24) is 10.3 Å². The Balaban J connectivity index is 2.07.